The van der Waals surface area contributed by atoms with E-state index in [1.54, 1.807) is 23.1 Å². The summed E-state index contributed by atoms with van der Waals surface area (Å²) in [5.41, 5.74) is 1.88. The first-order chi connectivity index (χ1) is 12.8. The van der Waals surface area contributed by atoms with Crippen molar-refractivity contribution in [1.82, 2.24) is 20.1 Å². The molecule has 0 saturated heterocycles. The van der Waals surface area contributed by atoms with E-state index in [-0.39, 0.29) is 12.5 Å². The number of nitrogens with one attached hydrogen (secondary N) is 1. The number of rotatable bonds is 5. The zero-order chi connectivity index (χ0) is 17.8. The van der Waals surface area contributed by atoms with Crippen LogP contribution in [0.5, 0.6) is 11.5 Å². The summed E-state index contributed by atoms with van der Waals surface area (Å²) in [5.74, 6) is 1.06. The van der Waals surface area contributed by atoms with E-state index in [4.69, 9.17) is 9.47 Å². The number of pyridine rings is 1. The highest BCUT2D eigenvalue weighted by atomic mass is 16.6. The van der Waals surface area contributed by atoms with Gasteiger partial charge in [-0.1, -0.05) is 12.1 Å². The first-order valence-electron chi connectivity index (χ1n) is 8.40. The Bertz CT molecular complexity index is 895. The highest BCUT2D eigenvalue weighted by molar-refractivity contribution is 5.81. The molecule has 3 heterocycles. The van der Waals surface area contributed by atoms with Crippen LogP contribution in [0.2, 0.25) is 0 Å². The summed E-state index contributed by atoms with van der Waals surface area (Å²) >= 11 is 0. The van der Waals surface area contributed by atoms with Gasteiger partial charge in [-0.25, -0.2) is 0 Å². The fourth-order valence-corrected chi connectivity index (χ4v) is 2.72. The molecule has 7 nitrogen and oxygen atoms in total. The van der Waals surface area contributed by atoms with Gasteiger partial charge >= 0.3 is 0 Å². The monoisotopic (exact) mass is 350 g/mol. The van der Waals surface area contributed by atoms with Gasteiger partial charge in [0.15, 0.2) is 11.5 Å². The average Bonchev–Trinajstić information content (AvgIpc) is 3.17. The number of benzene rings is 1. The molecule has 26 heavy (non-hydrogen) atoms. The summed E-state index contributed by atoms with van der Waals surface area (Å²) in [6.07, 6.45) is 4.71. The Labute approximate surface area is 150 Å². The first kappa shape index (κ1) is 16.1. The van der Waals surface area contributed by atoms with Crippen molar-refractivity contribution in [3.05, 3.63) is 61.1 Å². The van der Waals surface area contributed by atoms with Crippen LogP contribution in [-0.2, 0) is 11.3 Å². The van der Waals surface area contributed by atoms with Gasteiger partial charge in [-0.2, -0.15) is 5.10 Å². The van der Waals surface area contributed by atoms with Crippen LogP contribution in [0.3, 0.4) is 0 Å². The van der Waals surface area contributed by atoms with Crippen LogP contribution in [0.25, 0.3) is 11.3 Å². The van der Waals surface area contributed by atoms with Crippen molar-refractivity contribution in [1.29, 1.82) is 0 Å². The van der Waals surface area contributed by atoms with E-state index < -0.39 is 6.10 Å². The number of para-hydroxylation sites is 2. The molecule has 0 saturated carbocycles. The Morgan fingerprint density at radius 3 is 2.81 bits per heavy atom. The van der Waals surface area contributed by atoms with Gasteiger partial charge in [0.25, 0.3) is 5.91 Å². The molecular formula is C19H18N4O3. The minimum Gasteiger partial charge on any atom is -0.485 e. The maximum atomic E-state index is 12.3. The lowest BCUT2D eigenvalue weighted by Gasteiger charge is -2.25. The van der Waals surface area contributed by atoms with Crippen molar-refractivity contribution >= 4 is 5.91 Å². The molecule has 1 amide bonds. The molecule has 1 unspecified atom stereocenters. The topological polar surface area (TPSA) is 78.3 Å². The van der Waals surface area contributed by atoms with Gasteiger partial charge in [0.05, 0.1) is 12.2 Å². The van der Waals surface area contributed by atoms with Gasteiger partial charge in [0.1, 0.15) is 6.61 Å². The molecule has 1 aliphatic rings. The predicted molar refractivity (Wildman–Crippen MR) is 94.8 cm³/mol. The lowest BCUT2D eigenvalue weighted by Crippen LogP contribution is -2.44. The van der Waals surface area contributed by atoms with Crippen LogP contribution in [0.4, 0.5) is 0 Å². The van der Waals surface area contributed by atoms with Crippen LogP contribution in [0, 0.1) is 0 Å². The van der Waals surface area contributed by atoms with Gasteiger partial charge in [0.2, 0.25) is 6.10 Å². The van der Waals surface area contributed by atoms with Crippen molar-refractivity contribution in [2.75, 3.05) is 13.2 Å². The molecule has 0 fully saturated rings. The molecule has 132 valence electrons. The van der Waals surface area contributed by atoms with E-state index in [1.807, 2.05) is 42.6 Å². The molecule has 0 aliphatic carbocycles. The molecule has 2 aromatic heterocycles. The van der Waals surface area contributed by atoms with Crippen molar-refractivity contribution in [3.8, 4) is 22.8 Å². The van der Waals surface area contributed by atoms with Crippen LogP contribution in [-0.4, -0.2) is 39.9 Å². The standard InChI is InChI=1S/C19H18N4O3/c24-19(18-13-25-16-3-1-2-4-17(16)26-18)21-10-12-23-11-7-15(22-23)14-5-8-20-9-6-14/h1-9,11,18H,10,12-13H2,(H,21,24). The van der Waals surface area contributed by atoms with E-state index >= 15 is 0 Å². The summed E-state index contributed by atoms with van der Waals surface area (Å²) in [4.78, 5) is 16.3. The van der Waals surface area contributed by atoms with Crippen LogP contribution >= 0.6 is 0 Å². The van der Waals surface area contributed by atoms with Crippen LogP contribution < -0.4 is 14.8 Å². The zero-order valence-electron chi connectivity index (χ0n) is 14.0. The fraction of sp³-hybridized carbons (Fsp3) is 0.211. The molecular weight excluding hydrogens is 332 g/mol. The fourth-order valence-electron chi connectivity index (χ4n) is 2.72. The molecule has 3 aromatic rings. The lowest BCUT2D eigenvalue weighted by molar-refractivity contribution is -0.130. The number of nitrogens with zero attached hydrogens (tertiary/aromatic N) is 3. The Morgan fingerprint density at radius 1 is 1.15 bits per heavy atom. The number of hydrogen-bond donors (Lipinski definition) is 1. The Balaban J connectivity index is 1.29. The molecule has 7 heteroatoms. The third-order valence-corrected chi connectivity index (χ3v) is 4.06. The minimum atomic E-state index is -0.644. The van der Waals surface area contributed by atoms with Crippen molar-refractivity contribution < 1.29 is 14.3 Å². The summed E-state index contributed by atoms with van der Waals surface area (Å²) in [5, 5.41) is 7.37. The average molecular weight is 350 g/mol. The number of amides is 1. The number of hydrogen-bond acceptors (Lipinski definition) is 5. The molecule has 4 rings (SSSR count). The summed E-state index contributed by atoms with van der Waals surface area (Å²) in [7, 11) is 0. The van der Waals surface area contributed by atoms with Crippen molar-refractivity contribution in [3.63, 3.8) is 0 Å². The van der Waals surface area contributed by atoms with Crippen LogP contribution in [0.1, 0.15) is 0 Å². The first-order valence-corrected chi connectivity index (χ1v) is 8.40. The number of ether oxygens (including phenoxy) is 2. The normalized spacial score (nSPS) is 15.5. The Kier molecular flexibility index (Phi) is 4.51. The number of fused-ring (bicyclic) bond motifs is 1. The van der Waals surface area contributed by atoms with E-state index in [0.717, 1.165) is 11.3 Å². The molecule has 1 N–H and O–H groups in total. The Hall–Kier alpha value is -3.35. The minimum absolute atomic E-state index is 0.194. The smallest absolute Gasteiger partial charge is 0.264 e. The molecule has 1 aromatic carbocycles. The number of carbonyl (C=O) groups is 1. The van der Waals surface area contributed by atoms with Crippen molar-refractivity contribution in [2.24, 2.45) is 0 Å². The highest BCUT2D eigenvalue weighted by Crippen LogP contribution is 2.30. The largest absolute Gasteiger partial charge is 0.485 e. The van der Waals surface area contributed by atoms with E-state index in [9.17, 15) is 4.79 Å². The number of carbonyl (C=O) groups excluding carboxylic acids is 1. The van der Waals surface area contributed by atoms with E-state index in [1.165, 1.54) is 0 Å². The van der Waals surface area contributed by atoms with E-state index in [0.29, 0.717) is 24.6 Å². The molecule has 0 radical (unpaired) electrons. The van der Waals surface area contributed by atoms with Gasteiger partial charge in [-0.15, -0.1) is 0 Å². The van der Waals surface area contributed by atoms with Gasteiger partial charge in [0, 0.05) is 30.7 Å². The quantitative estimate of drug-likeness (QED) is 0.760. The van der Waals surface area contributed by atoms with Crippen LogP contribution in [0.15, 0.2) is 61.1 Å². The highest BCUT2D eigenvalue weighted by Gasteiger charge is 2.26. The third kappa shape index (κ3) is 3.51. The molecule has 0 spiro atoms. The summed E-state index contributed by atoms with van der Waals surface area (Å²) < 4.78 is 13.1. The summed E-state index contributed by atoms with van der Waals surface area (Å²) in [6, 6.07) is 13.1. The van der Waals surface area contributed by atoms with E-state index in [2.05, 4.69) is 15.4 Å². The number of aromatic nitrogens is 3. The zero-order valence-corrected chi connectivity index (χ0v) is 14.0. The second-order valence-corrected chi connectivity index (χ2v) is 5.86. The Morgan fingerprint density at radius 2 is 1.96 bits per heavy atom. The maximum absolute atomic E-state index is 12.3. The van der Waals surface area contributed by atoms with Crippen molar-refractivity contribution in [2.45, 2.75) is 12.6 Å². The third-order valence-electron chi connectivity index (χ3n) is 4.06. The SMILES string of the molecule is O=C(NCCn1ccc(-c2ccncc2)n1)C1COc2ccccc2O1. The van der Waals surface area contributed by atoms with Gasteiger partial charge < -0.3 is 14.8 Å². The predicted octanol–water partition coefficient (Wildman–Crippen LogP) is 1.90. The summed E-state index contributed by atoms with van der Waals surface area (Å²) in [6.45, 7) is 1.23. The maximum Gasteiger partial charge on any atom is 0.264 e. The lowest BCUT2D eigenvalue weighted by atomic mass is 10.2. The molecule has 1 aliphatic heterocycles. The second kappa shape index (κ2) is 7.26. The molecule has 0 bridgehead atoms. The second-order valence-electron chi connectivity index (χ2n) is 5.86. The van der Waals surface area contributed by atoms with Gasteiger partial charge in [-0.3, -0.25) is 14.5 Å². The van der Waals surface area contributed by atoms with Gasteiger partial charge in [-0.05, 0) is 30.3 Å². The molecule has 1 atom stereocenters.